The Hall–Kier alpha value is -0.380. The third kappa shape index (κ3) is 3.59. The molecule has 5 heteroatoms. The highest BCUT2D eigenvalue weighted by Gasteiger charge is 2.12. The lowest BCUT2D eigenvalue weighted by Crippen LogP contribution is -2.05. The average Bonchev–Trinajstić information content (AvgIpc) is 2.74. The van der Waals surface area contributed by atoms with Crippen molar-refractivity contribution in [2.45, 2.75) is 25.8 Å². The van der Waals surface area contributed by atoms with Gasteiger partial charge in [-0.05, 0) is 37.0 Å². The highest BCUT2D eigenvalue weighted by molar-refractivity contribution is 7.98. The molecule has 0 radical (unpaired) electrons. The number of fused-ring (bicyclic) bond motifs is 1. The summed E-state index contributed by atoms with van der Waals surface area (Å²) in [5.41, 5.74) is 2.02. The van der Waals surface area contributed by atoms with Crippen LogP contribution in [-0.4, -0.2) is 27.4 Å². The first-order valence-electron chi connectivity index (χ1n) is 6.46. The van der Waals surface area contributed by atoms with Crippen LogP contribution >= 0.6 is 35.0 Å². The van der Waals surface area contributed by atoms with Crippen LogP contribution in [0.3, 0.4) is 0 Å². The average molecular weight is 317 g/mol. The van der Waals surface area contributed by atoms with E-state index in [1.807, 2.05) is 30.0 Å². The first kappa shape index (κ1) is 15.0. The van der Waals surface area contributed by atoms with Gasteiger partial charge in [-0.1, -0.05) is 17.7 Å². The molecule has 1 heterocycles. The van der Waals surface area contributed by atoms with E-state index in [9.17, 15) is 0 Å². The Morgan fingerprint density at radius 2 is 2.16 bits per heavy atom. The number of benzene rings is 1. The van der Waals surface area contributed by atoms with Gasteiger partial charge in [0, 0.05) is 18.8 Å². The summed E-state index contributed by atoms with van der Waals surface area (Å²) in [4.78, 5) is 4.65. The minimum Gasteiger partial charge on any atom is -0.327 e. The number of nitrogens with zero attached hydrogens (tertiary/aromatic N) is 2. The summed E-state index contributed by atoms with van der Waals surface area (Å²) in [5, 5.41) is 0.774. The van der Waals surface area contributed by atoms with E-state index in [4.69, 9.17) is 23.2 Å². The molecule has 2 nitrogen and oxygen atoms in total. The maximum Gasteiger partial charge on any atom is 0.111 e. The van der Waals surface area contributed by atoms with E-state index in [1.54, 1.807) is 0 Å². The van der Waals surface area contributed by atoms with Crippen molar-refractivity contribution in [3.8, 4) is 0 Å². The number of thioether (sulfide) groups is 1. The molecule has 0 atom stereocenters. The van der Waals surface area contributed by atoms with Crippen molar-refractivity contribution in [1.82, 2.24) is 9.55 Å². The number of alkyl halides is 1. The molecular weight excluding hydrogens is 299 g/mol. The van der Waals surface area contributed by atoms with Crippen molar-refractivity contribution in [2.24, 2.45) is 0 Å². The van der Waals surface area contributed by atoms with E-state index >= 15 is 0 Å². The number of hydrogen-bond acceptors (Lipinski definition) is 2. The molecule has 2 aromatic rings. The summed E-state index contributed by atoms with van der Waals surface area (Å²) >= 11 is 14.1. The van der Waals surface area contributed by atoms with E-state index in [1.165, 1.54) is 12.2 Å². The van der Waals surface area contributed by atoms with Gasteiger partial charge in [-0.2, -0.15) is 11.8 Å². The monoisotopic (exact) mass is 316 g/mol. The Kier molecular flexibility index (Phi) is 5.86. The van der Waals surface area contributed by atoms with E-state index < -0.39 is 0 Å². The second-order valence-corrected chi connectivity index (χ2v) is 6.20. The molecule has 2 rings (SSSR count). The number of imidazole rings is 1. The Balaban J connectivity index is 2.28. The Morgan fingerprint density at radius 3 is 2.89 bits per heavy atom. The molecule has 1 aromatic heterocycles. The van der Waals surface area contributed by atoms with Gasteiger partial charge in [-0.15, -0.1) is 11.6 Å². The quantitative estimate of drug-likeness (QED) is 0.548. The van der Waals surface area contributed by atoms with Crippen LogP contribution in [0.4, 0.5) is 0 Å². The van der Waals surface area contributed by atoms with Gasteiger partial charge in [-0.3, -0.25) is 0 Å². The zero-order valence-electron chi connectivity index (χ0n) is 11.0. The first-order valence-corrected chi connectivity index (χ1v) is 8.77. The maximum absolute atomic E-state index is 6.32. The normalized spacial score (nSPS) is 11.3. The van der Waals surface area contributed by atoms with Gasteiger partial charge in [0.1, 0.15) is 5.82 Å². The zero-order chi connectivity index (χ0) is 13.7. The van der Waals surface area contributed by atoms with Crippen LogP contribution in [0.25, 0.3) is 11.0 Å². The van der Waals surface area contributed by atoms with Crippen molar-refractivity contribution in [2.75, 3.05) is 17.9 Å². The summed E-state index contributed by atoms with van der Waals surface area (Å²) in [5.74, 6) is 2.83. The van der Waals surface area contributed by atoms with Crippen molar-refractivity contribution >= 4 is 46.0 Å². The van der Waals surface area contributed by atoms with Crippen LogP contribution < -0.4 is 0 Å². The van der Waals surface area contributed by atoms with Gasteiger partial charge in [-0.25, -0.2) is 4.98 Å². The summed E-state index contributed by atoms with van der Waals surface area (Å²) in [6, 6.07) is 5.88. The van der Waals surface area contributed by atoms with Crippen molar-refractivity contribution in [3.05, 3.63) is 29.0 Å². The van der Waals surface area contributed by atoms with Crippen LogP contribution in [0.15, 0.2) is 18.2 Å². The van der Waals surface area contributed by atoms with Crippen molar-refractivity contribution in [1.29, 1.82) is 0 Å². The number of aromatic nitrogens is 2. The molecule has 0 unspecified atom stereocenters. The topological polar surface area (TPSA) is 17.8 Å². The molecule has 0 spiro atoms. The summed E-state index contributed by atoms with van der Waals surface area (Å²) in [6.45, 7) is 0.965. The number of rotatable bonds is 7. The maximum atomic E-state index is 6.32. The number of unbranched alkanes of at least 4 members (excludes halogenated alkanes) is 1. The van der Waals surface area contributed by atoms with Crippen LogP contribution in [0.5, 0.6) is 0 Å². The zero-order valence-corrected chi connectivity index (χ0v) is 13.4. The second kappa shape index (κ2) is 7.41. The molecule has 0 N–H and O–H groups in total. The highest BCUT2D eigenvalue weighted by atomic mass is 35.5. The molecule has 0 aliphatic rings. The lowest BCUT2D eigenvalue weighted by molar-refractivity contribution is 0.623. The number of para-hydroxylation sites is 1. The minimum absolute atomic E-state index is 0.589. The Labute approximate surface area is 128 Å². The molecule has 0 aliphatic carbocycles. The van der Waals surface area contributed by atoms with Crippen molar-refractivity contribution < 1.29 is 0 Å². The van der Waals surface area contributed by atoms with Crippen LogP contribution in [0, 0.1) is 0 Å². The third-order valence-electron chi connectivity index (χ3n) is 3.09. The molecule has 1 aromatic carbocycles. The van der Waals surface area contributed by atoms with Gasteiger partial charge < -0.3 is 4.57 Å². The molecule has 0 amide bonds. The second-order valence-electron chi connectivity index (χ2n) is 4.43. The lowest BCUT2D eigenvalue weighted by atomic mass is 10.3. The van der Waals surface area contributed by atoms with Gasteiger partial charge in [0.25, 0.3) is 0 Å². The fraction of sp³-hybridized carbons (Fsp3) is 0.500. The summed E-state index contributed by atoms with van der Waals surface area (Å²) in [7, 11) is 0. The predicted molar refractivity (Wildman–Crippen MR) is 86.8 cm³/mol. The lowest BCUT2D eigenvalue weighted by Gasteiger charge is -2.09. The summed E-state index contributed by atoms with van der Waals surface area (Å²) < 4.78 is 2.24. The SMILES string of the molecule is CSCCCCn1c(CCCl)nc2cccc(Cl)c21. The number of aryl methyl sites for hydroxylation is 2. The molecule has 19 heavy (non-hydrogen) atoms. The van der Waals surface area contributed by atoms with Crippen LogP contribution in [-0.2, 0) is 13.0 Å². The van der Waals surface area contributed by atoms with Gasteiger partial charge in [0.15, 0.2) is 0 Å². The molecule has 0 fully saturated rings. The van der Waals surface area contributed by atoms with Gasteiger partial charge >= 0.3 is 0 Å². The number of hydrogen-bond donors (Lipinski definition) is 0. The van der Waals surface area contributed by atoms with Gasteiger partial charge in [0.2, 0.25) is 0 Å². The van der Waals surface area contributed by atoms with Gasteiger partial charge in [0.05, 0.1) is 16.1 Å². The molecule has 0 aliphatic heterocycles. The minimum atomic E-state index is 0.589. The summed E-state index contributed by atoms with van der Waals surface area (Å²) in [6.07, 6.45) is 5.29. The fourth-order valence-corrected chi connectivity index (χ4v) is 3.16. The predicted octanol–water partition coefficient (Wildman–Crippen LogP) is 4.61. The van der Waals surface area contributed by atoms with E-state index in [0.29, 0.717) is 5.88 Å². The molecule has 0 saturated heterocycles. The molecule has 0 bridgehead atoms. The number of halogens is 2. The standard InChI is InChI=1S/C14H18Cl2N2S/c1-19-10-3-2-9-18-13(7-8-15)17-12-6-4-5-11(16)14(12)18/h4-6H,2-3,7-10H2,1H3. The molecular formula is C14H18Cl2N2S. The molecule has 104 valence electrons. The third-order valence-corrected chi connectivity index (χ3v) is 4.29. The van der Waals surface area contributed by atoms with Crippen molar-refractivity contribution in [3.63, 3.8) is 0 Å². The Morgan fingerprint density at radius 1 is 1.32 bits per heavy atom. The van der Waals surface area contributed by atoms with E-state index in [2.05, 4.69) is 15.8 Å². The van der Waals surface area contributed by atoms with E-state index in [0.717, 1.165) is 41.3 Å². The fourth-order valence-electron chi connectivity index (χ4n) is 2.22. The molecule has 0 saturated carbocycles. The van der Waals surface area contributed by atoms with Crippen LogP contribution in [0.1, 0.15) is 18.7 Å². The Bertz CT molecular complexity index is 539. The largest absolute Gasteiger partial charge is 0.327 e. The van der Waals surface area contributed by atoms with E-state index in [-0.39, 0.29) is 0 Å². The highest BCUT2D eigenvalue weighted by Crippen LogP contribution is 2.25. The van der Waals surface area contributed by atoms with Crippen LogP contribution in [0.2, 0.25) is 5.02 Å². The first-order chi connectivity index (χ1) is 9.27. The smallest absolute Gasteiger partial charge is 0.111 e.